The van der Waals surface area contributed by atoms with E-state index in [2.05, 4.69) is 20.2 Å². The molecule has 36 heavy (non-hydrogen) atoms. The lowest BCUT2D eigenvalue weighted by molar-refractivity contribution is 0.140. The van der Waals surface area contributed by atoms with Gasteiger partial charge in [0.1, 0.15) is 34.5 Å². The average Bonchev–Trinajstić information content (AvgIpc) is 3.50. The summed E-state index contributed by atoms with van der Waals surface area (Å²) < 4.78 is 45.1. The summed E-state index contributed by atoms with van der Waals surface area (Å²) in [5.41, 5.74) is 0.620. The van der Waals surface area contributed by atoms with Crippen LogP contribution in [-0.4, -0.2) is 53.7 Å². The number of aryl methyl sites for hydroxylation is 1. The predicted octanol–water partition coefficient (Wildman–Crippen LogP) is 3.57. The zero-order chi connectivity index (χ0) is 25.1. The van der Waals surface area contributed by atoms with Crippen molar-refractivity contribution in [1.29, 1.82) is 5.26 Å². The van der Waals surface area contributed by atoms with Gasteiger partial charge >= 0.3 is 0 Å². The molecule has 5 heterocycles. The molecular weight excluding hydrogens is 473 g/mol. The van der Waals surface area contributed by atoms with Crippen LogP contribution in [0.3, 0.4) is 0 Å². The van der Waals surface area contributed by atoms with Gasteiger partial charge in [-0.05, 0) is 36.8 Å². The third-order valence-electron chi connectivity index (χ3n) is 6.23. The number of fused-ring (bicyclic) bond motifs is 2. The minimum absolute atomic E-state index is 0.00375. The molecule has 5 aromatic rings. The van der Waals surface area contributed by atoms with E-state index >= 15 is 0 Å². The van der Waals surface area contributed by atoms with Gasteiger partial charge in [-0.15, -0.1) is 0 Å². The second-order valence-corrected chi connectivity index (χ2v) is 8.47. The number of pyridine rings is 1. The van der Waals surface area contributed by atoms with Gasteiger partial charge in [0, 0.05) is 36.4 Å². The fourth-order valence-corrected chi connectivity index (χ4v) is 4.58. The maximum atomic E-state index is 14.9. The average molecular weight is 490 g/mol. The quantitative estimate of drug-likeness (QED) is 0.410. The highest BCUT2D eigenvalue weighted by Crippen LogP contribution is 2.41. The Kier molecular flexibility index (Phi) is 4.90. The van der Waals surface area contributed by atoms with Crippen molar-refractivity contribution in [3.05, 3.63) is 65.5 Å². The van der Waals surface area contributed by atoms with E-state index in [4.69, 9.17) is 0 Å². The summed E-state index contributed by atoms with van der Waals surface area (Å²) in [6, 6.07) is 9.79. The molecule has 0 aliphatic carbocycles. The second-order valence-electron chi connectivity index (χ2n) is 8.47. The van der Waals surface area contributed by atoms with Gasteiger partial charge in [-0.1, -0.05) is 6.07 Å². The maximum Gasteiger partial charge on any atom is 0.283 e. The van der Waals surface area contributed by atoms with E-state index in [0.29, 0.717) is 33.8 Å². The number of nitrogens with zero attached hydrogens (tertiary/aromatic N) is 8. The zero-order valence-electron chi connectivity index (χ0n) is 18.8. The summed E-state index contributed by atoms with van der Waals surface area (Å²) in [4.78, 5) is 10.7. The molecule has 12 heteroatoms. The molecule has 9 nitrogen and oxygen atoms in total. The van der Waals surface area contributed by atoms with Crippen LogP contribution >= 0.6 is 0 Å². The number of alkyl halides is 2. The van der Waals surface area contributed by atoms with Crippen molar-refractivity contribution < 1.29 is 18.3 Å². The van der Waals surface area contributed by atoms with Gasteiger partial charge in [0.05, 0.1) is 11.8 Å². The minimum Gasteiger partial charge on any atom is -0.389 e. The summed E-state index contributed by atoms with van der Waals surface area (Å²) >= 11 is 0. The molecule has 0 atom stereocenters. The topological polar surface area (TPSA) is 108 Å². The van der Waals surface area contributed by atoms with E-state index in [1.165, 1.54) is 15.3 Å². The fourth-order valence-electron chi connectivity index (χ4n) is 4.58. The van der Waals surface area contributed by atoms with E-state index in [9.17, 15) is 23.5 Å². The summed E-state index contributed by atoms with van der Waals surface area (Å²) in [6.07, 6.45) is -0.304. The first-order valence-corrected chi connectivity index (χ1v) is 11.0. The molecule has 0 spiro atoms. The molecular formula is C24H17F3N8O. The molecule has 1 aliphatic rings. The number of β-amino-alcohol motifs (C(OH)–C–C–N with tert-alkyl or cyclic N) is 1. The first-order chi connectivity index (χ1) is 17.4. The third-order valence-corrected chi connectivity index (χ3v) is 6.23. The number of hydrogen-bond acceptors (Lipinski definition) is 7. The van der Waals surface area contributed by atoms with Gasteiger partial charge in [0.2, 0.25) is 0 Å². The van der Waals surface area contributed by atoms with Crippen molar-refractivity contribution in [2.75, 3.05) is 18.0 Å². The van der Waals surface area contributed by atoms with Crippen LogP contribution in [0.1, 0.15) is 23.4 Å². The lowest BCUT2D eigenvalue weighted by Gasteiger charge is -2.39. The Labute approximate surface area is 201 Å². The number of aliphatic hydroxyl groups is 1. The Hall–Kier alpha value is -4.50. The van der Waals surface area contributed by atoms with Crippen LogP contribution in [0.4, 0.5) is 19.0 Å². The van der Waals surface area contributed by atoms with Crippen molar-refractivity contribution in [2.24, 2.45) is 0 Å². The molecule has 1 fully saturated rings. The standard InChI is InChI=1S/C24H17F3N8O/c1-12-19(14-3-5-17(25)20-15(14)4-6-18(31-20)34-8-2-7-29-34)24(33-10-13(36)11-33)35-23(30-12)16(9-28)21(32-35)22(26)27/h2-8,13,22,36H,10-11H2,1H3. The Morgan fingerprint density at radius 2 is 1.97 bits per heavy atom. The SMILES string of the molecule is Cc1nc2c(C#N)c(C(F)F)nn2c(N2CC(O)C2)c1-c1ccc(F)c2nc(-n3cccn3)ccc12. The van der Waals surface area contributed by atoms with E-state index in [1.807, 2.05) is 0 Å². The molecule has 1 saturated heterocycles. The largest absolute Gasteiger partial charge is 0.389 e. The van der Waals surface area contributed by atoms with Crippen molar-refractivity contribution in [3.63, 3.8) is 0 Å². The number of nitriles is 1. The van der Waals surface area contributed by atoms with Crippen LogP contribution in [0.5, 0.6) is 0 Å². The van der Waals surface area contributed by atoms with Gasteiger partial charge in [-0.25, -0.2) is 27.8 Å². The number of rotatable bonds is 4. The van der Waals surface area contributed by atoms with E-state index in [0.717, 1.165) is 0 Å². The molecule has 1 N–H and O–H groups in total. The van der Waals surface area contributed by atoms with Crippen molar-refractivity contribution in [2.45, 2.75) is 19.5 Å². The number of benzene rings is 1. The molecule has 0 radical (unpaired) electrons. The van der Waals surface area contributed by atoms with Gasteiger partial charge in [-0.3, -0.25) is 0 Å². The number of halogens is 3. The molecule has 1 aliphatic heterocycles. The van der Waals surface area contributed by atoms with Crippen LogP contribution in [0.25, 0.3) is 33.5 Å². The van der Waals surface area contributed by atoms with Crippen molar-refractivity contribution in [1.82, 2.24) is 29.4 Å². The summed E-state index contributed by atoms with van der Waals surface area (Å²) in [7, 11) is 0. The zero-order valence-corrected chi connectivity index (χ0v) is 18.8. The number of aromatic nitrogens is 6. The van der Waals surface area contributed by atoms with Crippen LogP contribution in [-0.2, 0) is 0 Å². The van der Waals surface area contributed by atoms with Crippen LogP contribution in [0.2, 0.25) is 0 Å². The Balaban J connectivity index is 1.66. The van der Waals surface area contributed by atoms with Crippen LogP contribution in [0.15, 0.2) is 42.7 Å². The lowest BCUT2D eigenvalue weighted by Crippen LogP contribution is -2.51. The van der Waals surface area contributed by atoms with Crippen molar-refractivity contribution in [3.8, 4) is 23.0 Å². The first-order valence-electron chi connectivity index (χ1n) is 11.0. The van der Waals surface area contributed by atoms with Crippen LogP contribution < -0.4 is 4.90 Å². The monoisotopic (exact) mass is 490 g/mol. The Bertz CT molecular complexity index is 1680. The molecule has 0 amide bonds. The lowest BCUT2D eigenvalue weighted by atomic mass is 9.97. The molecule has 0 bridgehead atoms. The molecule has 4 aromatic heterocycles. The van der Waals surface area contributed by atoms with Gasteiger partial charge in [-0.2, -0.15) is 20.0 Å². The normalized spacial score (nSPS) is 14.1. The predicted molar refractivity (Wildman–Crippen MR) is 123 cm³/mol. The van der Waals surface area contributed by atoms with Crippen molar-refractivity contribution >= 4 is 22.4 Å². The molecule has 6 rings (SSSR count). The first kappa shape index (κ1) is 22.0. The minimum atomic E-state index is -2.98. The molecule has 1 aromatic carbocycles. The fraction of sp³-hybridized carbons (Fsp3) is 0.208. The number of anilines is 1. The van der Waals surface area contributed by atoms with E-state index < -0.39 is 24.0 Å². The van der Waals surface area contributed by atoms with E-state index in [1.54, 1.807) is 54.6 Å². The summed E-state index contributed by atoms with van der Waals surface area (Å²) in [6.45, 7) is 2.16. The number of hydrogen-bond donors (Lipinski definition) is 1. The summed E-state index contributed by atoms with van der Waals surface area (Å²) in [5, 5.41) is 28.2. The van der Waals surface area contributed by atoms with Gasteiger partial charge < -0.3 is 10.0 Å². The molecule has 0 saturated carbocycles. The highest BCUT2D eigenvalue weighted by atomic mass is 19.3. The Morgan fingerprint density at radius 1 is 1.17 bits per heavy atom. The summed E-state index contributed by atoms with van der Waals surface area (Å²) in [5.74, 6) is 0.267. The third kappa shape index (κ3) is 3.20. The smallest absolute Gasteiger partial charge is 0.283 e. The van der Waals surface area contributed by atoms with E-state index in [-0.39, 0.29) is 29.8 Å². The van der Waals surface area contributed by atoms with Gasteiger partial charge in [0.15, 0.2) is 11.5 Å². The second kappa shape index (κ2) is 8.03. The highest BCUT2D eigenvalue weighted by Gasteiger charge is 2.33. The van der Waals surface area contributed by atoms with Crippen LogP contribution in [0, 0.1) is 24.1 Å². The molecule has 0 unspecified atom stereocenters. The number of aliphatic hydroxyl groups excluding tert-OH is 1. The Morgan fingerprint density at radius 3 is 2.64 bits per heavy atom. The molecule has 180 valence electrons. The maximum absolute atomic E-state index is 14.9. The van der Waals surface area contributed by atoms with Gasteiger partial charge in [0.25, 0.3) is 6.43 Å². The highest BCUT2D eigenvalue weighted by molar-refractivity contribution is 5.99.